The van der Waals surface area contributed by atoms with Crippen molar-refractivity contribution in [2.45, 2.75) is 39.7 Å². The number of hydrogen-bond donors (Lipinski definition) is 2. The third kappa shape index (κ3) is 5.02. The Bertz CT molecular complexity index is 802. The van der Waals surface area contributed by atoms with E-state index in [-0.39, 0.29) is 17.3 Å². The lowest BCUT2D eigenvalue weighted by Gasteiger charge is -2.29. The highest BCUT2D eigenvalue weighted by molar-refractivity contribution is 7.47. The van der Waals surface area contributed by atoms with Crippen molar-refractivity contribution in [1.29, 1.82) is 0 Å². The van der Waals surface area contributed by atoms with E-state index in [9.17, 15) is 19.0 Å². The summed E-state index contributed by atoms with van der Waals surface area (Å²) in [5.41, 5.74) is -0.0952. The Morgan fingerprint density at radius 3 is 2.58 bits per heavy atom. The van der Waals surface area contributed by atoms with Crippen LogP contribution in [0.25, 0.3) is 0 Å². The lowest BCUT2D eigenvalue weighted by molar-refractivity contribution is -1.08. The number of H-pyrrole nitrogens is 1. The molecule has 0 spiro atoms. The van der Waals surface area contributed by atoms with E-state index in [1.165, 1.54) is 16.8 Å². The summed E-state index contributed by atoms with van der Waals surface area (Å²) in [4.78, 5) is 35.3. The first-order chi connectivity index (χ1) is 12.2. The summed E-state index contributed by atoms with van der Waals surface area (Å²) < 4.78 is 24.3. The van der Waals surface area contributed by atoms with Gasteiger partial charge < -0.3 is 0 Å². The molecule has 1 aromatic rings. The molecule has 0 fully saturated rings. The molecule has 0 aromatic carbocycles. The summed E-state index contributed by atoms with van der Waals surface area (Å²) >= 11 is 0. The number of allylic oxidation sites excluding steroid dienone is 1. The molecule has 1 aliphatic carbocycles. The molecule has 1 heterocycles. The molecule has 0 aliphatic heterocycles. The highest BCUT2D eigenvalue weighted by atomic mass is 31.2. The summed E-state index contributed by atoms with van der Waals surface area (Å²) in [5, 5.41) is 0. The van der Waals surface area contributed by atoms with Crippen LogP contribution in [0.2, 0.25) is 0 Å². The molecule has 0 saturated carbocycles. The van der Waals surface area contributed by atoms with E-state index in [4.69, 9.17) is 9.15 Å². The molecule has 0 saturated heterocycles. The fourth-order valence-electron chi connectivity index (χ4n) is 3.07. The highest BCUT2D eigenvalue weighted by Crippen LogP contribution is 2.47. The molecule has 1 aliphatic rings. The Hall–Kier alpha value is -1.51. The molecule has 26 heavy (non-hydrogen) atoms. The second kappa shape index (κ2) is 8.45. The Labute approximate surface area is 152 Å². The Morgan fingerprint density at radius 2 is 2.00 bits per heavy atom. The third-order valence-electron chi connectivity index (χ3n) is 4.84. The SMILES string of the molecule is CC[N+](CC)(CC)OP(=O)(O)[O+]CC1=CC[C@H](n2ccc(=O)[nH]c2=O)C1. The van der Waals surface area contributed by atoms with Crippen LogP contribution in [-0.4, -0.2) is 45.3 Å². The van der Waals surface area contributed by atoms with E-state index < -0.39 is 19.1 Å². The molecule has 10 heteroatoms. The molecular weight excluding hydrogens is 361 g/mol. The molecule has 1 radical (unpaired) electrons. The zero-order valence-corrected chi connectivity index (χ0v) is 16.3. The van der Waals surface area contributed by atoms with Crippen molar-refractivity contribution in [3.8, 4) is 0 Å². The van der Waals surface area contributed by atoms with Gasteiger partial charge >= 0.3 is 13.5 Å². The molecule has 9 nitrogen and oxygen atoms in total. The van der Waals surface area contributed by atoms with Crippen molar-refractivity contribution >= 4 is 7.82 Å². The van der Waals surface area contributed by atoms with E-state index in [1.807, 2.05) is 26.8 Å². The molecule has 2 N–H and O–H groups in total. The summed E-state index contributed by atoms with van der Waals surface area (Å²) in [6, 6.07) is 1.15. The lowest BCUT2D eigenvalue weighted by Crippen LogP contribution is -2.46. The number of aromatic nitrogens is 2. The fourth-order valence-corrected chi connectivity index (χ4v) is 4.23. The van der Waals surface area contributed by atoms with E-state index >= 15 is 0 Å². The Balaban J connectivity index is 1.95. The molecule has 145 valence electrons. The van der Waals surface area contributed by atoms with Crippen molar-refractivity contribution in [2.75, 3.05) is 26.2 Å². The van der Waals surface area contributed by atoms with Gasteiger partial charge in [-0.25, -0.2) is 4.79 Å². The number of hydrogen-bond acceptors (Lipinski definition) is 5. The normalized spacial score (nSPS) is 20.0. The van der Waals surface area contributed by atoms with Crippen LogP contribution in [0.5, 0.6) is 0 Å². The van der Waals surface area contributed by atoms with Crippen LogP contribution in [0, 0.1) is 0 Å². The van der Waals surface area contributed by atoms with Gasteiger partial charge in [0.2, 0.25) is 6.61 Å². The number of hydroxylamine groups is 3. The third-order valence-corrected chi connectivity index (χ3v) is 5.85. The monoisotopic (exact) mass is 388 g/mol. The molecule has 2 rings (SSSR count). The molecule has 1 unspecified atom stereocenters. The topological polar surface area (TPSA) is 113 Å². The van der Waals surface area contributed by atoms with Crippen LogP contribution >= 0.6 is 7.82 Å². The van der Waals surface area contributed by atoms with Gasteiger partial charge in [0.1, 0.15) is 19.6 Å². The smallest absolute Gasteiger partial charge is 0.297 e. The number of nitrogens with one attached hydrogen (secondary N) is 1. The number of phosphoric ester groups is 1. The van der Waals surface area contributed by atoms with Crippen molar-refractivity contribution in [2.24, 2.45) is 0 Å². The maximum Gasteiger partial charge on any atom is 0.754 e. The van der Waals surface area contributed by atoms with Crippen LogP contribution in [-0.2, 0) is 13.7 Å². The van der Waals surface area contributed by atoms with Crippen molar-refractivity contribution < 1.29 is 23.3 Å². The molecule has 0 bridgehead atoms. The second-order valence-electron chi connectivity index (χ2n) is 6.30. The van der Waals surface area contributed by atoms with E-state index in [0.29, 0.717) is 32.5 Å². The van der Waals surface area contributed by atoms with Crippen molar-refractivity contribution in [3.05, 3.63) is 44.8 Å². The minimum absolute atomic E-state index is 0.0421. The van der Waals surface area contributed by atoms with Crippen LogP contribution in [0.15, 0.2) is 33.5 Å². The van der Waals surface area contributed by atoms with Crippen LogP contribution in [0.4, 0.5) is 0 Å². The summed E-state index contributed by atoms with van der Waals surface area (Å²) in [7, 11) is -4.21. The Morgan fingerprint density at radius 1 is 1.35 bits per heavy atom. The summed E-state index contributed by atoms with van der Waals surface area (Å²) in [5.74, 6) is 0. The minimum Gasteiger partial charge on any atom is -0.297 e. The first-order valence-electron chi connectivity index (χ1n) is 8.78. The average Bonchev–Trinajstić information content (AvgIpc) is 3.07. The standard InChI is InChI=1S/C16H26N3O6P/c1-4-19(5-2,6-3)25-26(22,23)24-12-13-7-8-14(11-13)18-10-9-15(20)17-16(18)21/h7,9-10,14H,4-6,8,11-12H2,1-3H3,(H-,17,20,21,22,23)/q+1/p+1/t14-/m0/s1. The minimum atomic E-state index is -4.21. The quantitative estimate of drug-likeness (QED) is 0.219. The van der Waals surface area contributed by atoms with Gasteiger partial charge in [-0.1, -0.05) is 6.08 Å². The summed E-state index contributed by atoms with van der Waals surface area (Å²) in [6.45, 7) is 7.29. The zero-order valence-electron chi connectivity index (χ0n) is 15.4. The number of phosphoric acid groups is 1. The largest absolute Gasteiger partial charge is 0.754 e. The number of rotatable bonds is 9. The van der Waals surface area contributed by atoms with Gasteiger partial charge in [0.25, 0.3) is 5.56 Å². The zero-order chi connectivity index (χ0) is 19.4. The maximum atomic E-state index is 12.3. The van der Waals surface area contributed by atoms with Gasteiger partial charge in [0.05, 0.1) is 0 Å². The second-order valence-corrected chi connectivity index (χ2v) is 7.66. The van der Waals surface area contributed by atoms with Gasteiger partial charge in [-0.3, -0.25) is 19.2 Å². The average molecular weight is 388 g/mol. The maximum absolute atomic E-state index is 12.3. The van der Waals surface area contributed by atoms with E-state index in [0.717, 1.165) is 5.57 Å². The molecular formula is C16H27N3O6P+2. The Kier molecular flexibility index (Phi) is 6.76. The van der Waals surface area contributed by atoms with Crippen molar-refractivity contribution in [1.82, 2.24) is 9.55 Å². The fraction of sp³-hybridized carbons (Fsp3) is 0.625. The molecule has 2 atom stereocenters. The van der Waals surface area contributed by atoms with Crippen LogP contribution in [0.3, 0.4) is 0 Å². The van der Waals surface area contributed by atoms with Crippen LogP contribution in [0.1, 0.15) is 39.7 Å². The van der Waals surface area contributed by atoms with Gasteiger partial charge in [-0.05, 0) is 42.8 Å². The highest BCUT2D eigenvalue weighted by Gasteiger charge is 2.48. The molecule has 0 amide bonds. The van der Waals surface area contributed by atoms with Gasteiger partial charge in [-0.15, -0.1) is 0 Å². The number of nitrogens with zero attached hydrogens (tertiary/aromatic N) is 2. The first kappa shape index (κ1) is 20.8. The predicted molar refractivity (Wildman–Crippen MR) is 96.4 cm³/mol. The lowest BCUT2D eigenvalue weighted by atomic mass is 10.2. The van der Waals surface area contributed by atoms with E-state index in [2.05, 4.69) is 4.98 Å². The predicted octanol–water partition coefficient (Wildman–Crippen LogP) is 1.72. The summed E-state index contributed by atoms with van der Waals surface area (Å²) in [6.07, 6.45) is 4.42. The number of aromatic amines is 1. The van der Waals surface area contributed by atoms with Gasteiger partial charge in [0.15, 0.2) is 0 Å². The first-order valence-corrected chi connectivity index (χ1v) is 10.3. The number of quaternary nitrogens is 1. The van der Waals surface area contributed by atoms with Gasteiger partial charge in [0, 0.05) is 23.9 Å². The molecule has 1 aromatic heterocycles. The van der Waals surface area contributed by atoms with Gasteiger partial charge in [-0.2, -0.15) is 9.21 Å². The van der Waals surface area contributed by atoms with E-state index in [1.54, 1.807) is 0 Å². The van der Waals surface area contributed by atoms with Crippen LogP contribution < -0.4 is 11.2 Å². The van der Waals surface area contributed by atoms with Crippen molar-refractivity contribution in [3.63, 3.8) is 0 Å².